The molecule has 110 valence electrons. The number of anilines is 2. The molecular weight excluding hydrogens is 262 g/mol. The fraction of sp³-hybridized carbons (Fsp3) is 0.667. The topological polar surface area (TPSA) is 102 Å². The fourth-order valence-electron chi connectivity index (χ4n) is 2.25. The second kappa shape index (κ2) is 5.20. The van der Waals surface area contributed by atoms with Crippen molar-refractivity contribution in [2.24, 2.45) is 0 Å². The van der Waals surface area contributed by atoms with Gasteiger partial charge < -0.3 is 15.4 Å². The molecule has 1 saturated heterocycles. The van der Waals surface area contributed by atoms with Crippen molar-refractivity contribution in [1.29, 1.82) is 0 Å². The van der Waals surface area contributed by atoms with E-state index in [1.807, 2.05) is 13.8 Å². The van der Waals surface area contributed by atoms with Gasteiger partial charge in [-0.2, -0.15) is 4.98 Å². The maximum Gasteiger partial charge on any atom is 0.332 e. The first kappa shape index (κ1) is 14.4. The summed E-state index contributed by atoms with van der Waals surface area (Å²) >= 11 is 0. The number of nitrogens with zero attached hydrogens (tertiary/aromatic N) is 3. The average Bonchev–Trinajstić information content (AvgIpc) is 2.68. The SMILES string of the molecule is CNc1nc(C)c([N+](=O)[O-])c(NC2(C)CCOC2C)n1. The van der Waals surface area contributed by atoms with Crippen LogP contribution in [-0.2, 0) is 4.74 Å². The van der Waals surface area contributed by atoms with Crippen LogP contribution < -0.4 is 10.6 Å². The minimum absolute atomic E-state index is 0.0459. The van der Waals surface area contributed by atoms with Crippen molar-refractivity contribution in [3.8, 4) is 0 Å². The molecular formula is C12H19N5O3. The zero-order valence-corrected chi connectivity index (χ0v) is 12.1. The van der Waals surface area contributed by atoms with Crippen molar-refractivity contribution in [3.05, 3.63) is 15.8 Å². The third kappa shape index (κ3) is 2.51. The molecule has 1 aromatic heterocycles. The molecule has 1 aliphatic rings. The van der Waals surface area contributed by atoms with Gasteiger partial charge in [0.1, 0.15) is 5.69 Å². The summed E-state index contributed by atoms with van der Waals surface area (Å²) in [5.74, 6) is 0.581. The van der Waals surface area contributed by atoms with Crippen molar-refractivity contribution in [3.63, 3.8) is 0 Å². The van der Waals surface area contributed by atoms with E-state index in [9.17, 15) is 10.1 Å². The number of ether oxygens (including phenoxy) is 1. The first-order valence-electron chi connectivity index (χ1n) is 6.48. The molecule has 20 heavy (non-hydrogen) atoms. The third-order valence-corrected chi connectivity index (χ3v) is 3.75. The molecule has 0 amide bonds. The lowest BCUT2D eigenvalue weighted by Crippen LogP contribution is -2.41. The predicted octanol–water partition coefficient (Wildman–Crippen LogP) is 1.71. The van der Waals surface area contributed by atoms with Crippen LogP contribution in [-0.4, -0.2) is 40.2 Å². The van der Waals surface area contributed by atoms with E-state index in [4.69, 9.17) is 4.74 Å². The van der Waals surface area contributed by atoms with Gasteiger partial charge >= 0.3 is 5.69 Å². The molecule has 1 aromatic rings. The highest BCUT2D eigenvalue weighted by atomic mass is 16.6. The molecule has 0 saturated carbocycles. The standard InChI is InChI=1S/C12H19N5O3/c1-7-9(17(18)19)10(15-11(13-4)14-7)16-12(3)5-6-20-8(12)2/h8H,5-6H2,1-4H3,(H2,13,14,15,16). The zero-order chi connectivity index (χ0) is 14.9. The molecule has 2 atom stereocenters. The molecule has 0 aliphatic carbocycles. The lowest BCUT2D eigenvalue weighted by molar-refractivity contribution is -0.385. The third-order valence-electron chi connectivity index (χ3n) is 3.75. The molecule has 1 aliphatic heterocycles. The van der Waals surface area contributed by atoms with Crippen molar-refractivity contribution in [1.82, 2.24) is 9.97 Å². The Morgan fingerprint density at radius 3 is 2.70 bits per heavy atom. The Bertz CT molecular complexity index is 536. The summed E-state index contributed by atoms with van der Waals surface area (Å²) in [5, 5.41) is 17.2. The molecule has 8 nitrogen and oxygen atoms in total. The lowest BCUT2D eigenvalue weighted by Gasteiger charge is -2.29. The highest BCUT2D eigenvalue weighted by Crippen LogP contribution is 2.34. The normalized spacial score (nSPS) is 25.5. The molecule has 2 heterocycles. The Balaban J connectivity index is 2.44. The molecule has 2 rings (SSSR count). The van der Waals surface area contributed by atoms with Gasteiger partial charge in [0.2, 0.25) is 11.8 Å². The van der Waals surface area contributed by atoms with Gasteiger partial charge in [-0.05, 0) is 27.2 Å². The summed E-state index contributed by atoms with van der Waals surface area (Å²) in [7, 11) is 1.67. The van der Waals surface area contributed by atoms with Gasteiger partial charge in [-0.25, -0.2) is 4.98 Å². The molecule has 2 N–H and O–H groups in total. The number of nitro groups is 1. The van der Waals surface area contributed by atoms with Gasteiger partial charge in [0, 0.05) is 13.7 Å². The van der Waals surface area contributed by atoms with Crippen LogP contribution in [0.15, 0.2) is 0 Å². The van der Waals surface area contributed by atoms with Gasteiger partial charge in [-0.1, -0.05) is 0 Å². The Morgan fingerprint density at radius 2 is 2.20 bits per heavy atom. The molecule has 2 unspecified atom stereocenters. The van der Waals surface area contributed by atoms with Crippen LogP contribution in [0.3, 0.4) is 0 Å². The van der Waals surface area contributed by atoms with E-state index in [2.05, 4.69) is 20.6 Å². The second-order valence-corrected chi connectivity index (χ2v) is 5.14. The molecule has 8 heteroatoms. The first-order valence-corrected chi connectivity index (χ1v) is 6.48. The van der Waals surface area contributed by atoms with Crippen LogP contribution in [0.25, 0.3) is 0 Å². The van der Waals surface area contributed by atoms with E-state index in [0.717, 1.165) is 6.42 Å². The largest absolute Gasteiger partial charge is 0.376 e. The van der Waals surface area contributed by atoms with Crippen molar-refractivity contribution in [2.45, 2.75) is 38.8 Å². The van der Waals surface area contributed by atoms with Gasteiger partial charge in [-0.15, -0.1) is 0 Å². The molecule has 0 bridgehead atoms. The fourth-order valence-corrected chi connectivity index (χ4v) is 2.25. The quantitative estimate of drug-likeness (QED) is 0.639. The molecule has 0 spiro atoms. The summed E-state index contributed by atoms with van der Waals surface area (Å²) in [6.45, 7) is 6.15. The van der Waals surface area contributed by atoms with Gasteiger partial charge in [0.05, 0.1) is 16.6 Å². The first-order chi connectivity index (χ1) is 9.37. The Hall–Kier alpha value is -1.96. The number of aryl methyl sites for hydroxylation is 1. The second-order valence-electron chi connectivity index (χ2n) is 5.14. The van der Waals surface area contributed by atoms with Crippen molar-refractivity contribution < 1.29 is 9.66 Å². The van der Waals surface area contributed by atoms with Crippen molar-refractivity contribution in [2.75, 3.05) is 24.3 Å². The van der Waals surface area contributed by atoms with Crippen LogP contribution in [0.5, 0.6) is 0 Å². The predicted molar refractivity (Wildman–Crippen MR) is 75.0 cm³/mol. The average molecular weight is 281 g/mol. The summed E-state index contributed by atoms with van der Waals surface area (Å²) in [4.78, 5) is 19.0. The number of hydrogen-bond acceptors (Lipinski definition) is 7. The maximum absolute atomic E-state index is 11.2. The summed E-state index contributed by atoms with van der Waals surface area (Å²) in [6.07, 6.45) is 0.721. The smallest absolute Gasteiger partial charge is 0.332 e. The summed E-state index contributed by atoms with van der Waals surface area (Å²) in [6, 6.07) is 0. The van der Waals surface area contributed by atoms with Crippen LogP contribution in [0.1, 0.15) is 26.0 Å². The minimum Gasteiger partial charge on any atom is -0.376 e. The summed E-state index contributed by atoms with van der Waals surface area (Å²) < 4.78 is 5.54. The number of hydrogen-bond donors (Lipinski definition) is 2. The van der Waals surface area contributed by atoms with Crippen LogP contribution >= 0.6 is 0 Å². The van der Waals surface area contributed by atoms with Crippen LogP contribution in [0.2, 0.25) is 0 Å². The van der Waals surface area contributed by atoms with Crippen molar-refractivity contribution >= 4 is 17.5 Å². The highest BCUT2D eigenvalue weighted by Gasteiger charge is 2.39. The minimum atomic E-state index is -0.457. The van der Waals surface area contributed by atoms with Gasteiger partial charge in [0.15, 0.2) is 0 Å². The molecule has 0 radical (unpaired) electrons. The zero-order valence-electron chi connectivity index (χ0n) is 12.1. The van der Waals surface area contributed by atoms with E-state index in [1.54, 1.807) is 14.0 Å². The van der Waals surface area contributed by atoms with Crippen LogP contribution in [0.4, 0.5) is 17.5 Å². The van der Waals surface area contributed by atoms with E-state index >= 15 is 0 Å². The monoisotopic (exact) mass is 281 g/mol. The maximum atomic E-state index is 11.2. The Kier molecular flexibility index (Phi) is 3.76. The van der Waals surface area contributed by atoms with E-state index < -0.39 is 4.92 Å². The van der Waals surface area contributed by atoms with E-state index in [-0.39, 0.29) is 23.1 Å². The van der Waals surface area contributed by atoms with E-state index in [1.165, 1.54) is 0 Å². The molecule has 0 aromatic carbocycles. The van der Waals surface area contributed by atoms with E-state index in [0.29, 0.717) is 18.2 Å². The highest BCUT2D eigenvalue weighted by molar-refractivity contribution is 5.62. The van der Waals surface area contributed by atoms with Crippen LogP contribution in [0, 0.1) is 17.0 Å². The Labute approximate surface area is 117 Å². The molecule has 1 fully saturated rings. The summed E-state index contributed by atoms with van der Waals surface area (Å²) in [5.41, 5.74) is -0.146. The van der Waals surface area contributed by atoms with Gasteiger partial charge in [-0.3, -0.25) is 10.1 Å². The Morgan fingerprint density at radius 1 is 1.50 bits per heavy atom. The number of rotatable bonds is 4. The lowest BCUT2D eigenvalue weighted by atomic mass is 9.94. The van der Waals surface area contributed by atoms with Gasteiger partial charge in [0.25, 0.3) is 0 Å². The number of nitrogens with one attached hydrogen (secondary N) is 2. The number of aromatic nitrogens is 2.